The minimum atomic E-state index is -3.84. The minimum absolute atomic E-state index is 0.0130. The molecule has 0 fully saturated rings. The second kappa shape index (κ2) is 14.3. The lowest BCUT2D eigenvalue weighted by atomic mass is 10.0. The van der Waals surface area contributed by atoms with Gasteiger partial charge in [0.05, 0.1) is 22.0 Å². The van der Waals surface area contributed by atoms with Gasteiger partial charge in [-0.15, -0.1) is 0 Å². The first-order valence-corrected chi connectivity index (χ1v) is 16.1. The summed E-state index contributed by atoms with van der Waals surface area (Å²) in [7, 11) is -3.84. The number of benzene rings is 3. The number of carbonyl (C=O) groups is 2. The average molecular weight is 669 g/mol. The van der Waals surface area contributed by atoms with Crippen molar-refractivity contribution in [2.24, 2.45) is 0 Å². The third-order valence-corrected chi connectivity index (χ3v) is 8.81. The Morgan fingerprint density at radius 2 is 1.60 bits per heavy atom. The first kappa shape index (κ1) is 31.9. The van der Waals surface area contributed by atoms with E-state index in [1.807, 2.05) is 44.2 Å². The largest absolute Gasteiger partial charge is 0.352 e. The molecule has 0 unspecified atom stereocenters. The molecular formula is C29H32BrCl2N3O4S. The lowest BCUT2D eigenvalue weighted by Crippen LogP contribution is -2.54. The molecule has 3 rings (SSSR count). The zero-order valence-corrected chi connectivity index (χ0v) is 26.4. The van der Waals surface area contributed by atoms with Crippen molar-refractivity contribution in [2.45, 2.75) is 45.3 Å². The highest BCUT2D eigenvalue weighted by atomic mass is 79.9. The third kappa shape index (κ3) is 8.96. The van der Waals surface area contributed by atoms with E-state index in [1.165, 1.54) is 4.90 Å². The number of hydrogen-bond acceptors (Lipinski definition) is 4. The summed E-state index contributed by atoms with van der Waals surface area (Å²) < 4.78 is 27.5. The number of rotatable bonds is 12. The van der Waals surface area contributed by atoms with Crippen LogP contribution in [0.2, 0.25) is 10.0 Å². The minimum Gasteiger partial charge on any atom is -0.352 e. The fourth-order valence-electron chi connectivity index (χ4n) is 4.05. The van der Waals surface area contributed by atoms with Gasteiger partial charge in [-0.25, -0.2) is 8.42 Å². The van der Waals surface area contributed by atoms with Gasteiger partial charge in [-0.2, -0.15) is 0 Å². The third-order valence-electron chi connectivity index (χ3n) is 6.40. The van der Waals surface area contributed by atoms with Crippen LogP contribution in [-0.4, -0.2) is 50.0 Å². The molecule has 0 heterocycles. The van der Waals surface area contributed by atoms with Crippen molar-refractivity contribution < 1.29 is 18.0 Å². The monoisotopic (exact) mass is 667 g/mol. The van der Waals surface area contributed by atoms with E-state index in [0.717, 1.165) is 20.6 Å². The zero-order valence-electron chi connectivity index (χ0n) is 22.5. The van der Waals surface area contributed by atoms with Gasteiger partial charge in [-0.1, -0.05) is 82.5 Å². The van der Waals surface area contributed by atoms with Gasteiger partial charge < -0.3 is 10.2 Å². The molecule has 0 aliphatic rings. The average Bonchev–Trinajstić information content (AvgIpc) is 2.91. The van der Waals surface area contributed by atoms with Crippen LogP contribution in [-0.2, 0) is 32.6 Å². The summed E-state index contributed by atoms with van der Waals surface area (Å²) in [6, 6.07) is 19.9. The summed E-state index contributed by atoms with van der Waals surface area (Å²) in [5, 5.41) is 3.66. The molecule has 0 aliphatic carbocycles. The fourth-order valence-corrected chi connectivity index (χ4v) is 5.49. The number of amides is 2. The van der Waals surface area contributed by atoms with Crippen LogP contribution in [0.1, 0.15) is 31.4 Å². The summed E-state index contributed by atoms with van der Waals surface area (Å²) >= 11 is 15.7. The molecule has 0 saturated carbocycles. The van der Waals surface area contributed by atoms with Crippen LogP contribution in [0.25, 0.3) is 0 Å². The van der Waals surface area contributed by atoms with Gasteiger partial charge in [-0.3, -0.25) is 13.9 Å². The lowest BCUT2D eigenvalue weighted by molar-refractivity contribution is -0.140. The van der Waals surface area contributed by atoms with Crippen LogP contribution in [0.5, 0.6) is 0 Å². The SMILES string of the molecule is CC[C@@H](C)NC(=O)[C@@H](Cc1ccccc1)N(Cc1ccc(Cl)c(Cl)c1)C(=O)CN(c1ccc(Br)cc1)S(C)(=O)=O. The Balaban J connectivity index is 2.07. The molecule has 214 valence electrons. The molecule has 0 aliphatic heterocycles. The van der Waals surface area contributed by atoms with Crippen LogP contribution in [0.4, 0.5) is 5.69 Å². The first-order valence-electron chi connectivity index (χ1n) is 12.7. The van der Waals surface area contributed by atoms with Crippen molar-refractivity contribution in [1.29, 1.82) is 0 Å². The molecule has 2 atom stereocenters. The zero-order chi connectivity index (χ0) is 29.4. The van der Waals surface area contributed by atoms with Gasteiger partial charge in [0, 0.05) is 23.5 Å². The maximum absolute atomic E-state index is 14.1. The van der Waals surface area contributed by atoms with E-state index >= 15 is 0 Å². The molecule has 0 bridgehead atoms. The molecule has 0 aromatic heterocycles. The molecule has 0 saturated heterocycles. The molecule has 2 amide bonds. The van der Waals surface area contributed by atoms with Crippen LogP contribution in [0, 0.1) is 0 Å². The number of sulfonamides is 1. The summed E-state index contributed by atoms with van der Waals surface area (Å²) in [5.74, 6) is -0.874. The van der Waals surface area contributed by atoms with Crippen LogP contribution in [0.3, 0.4) is 0 Å². The van der Waals surface area contributed by atoms with E-state index in [9.17, 15) is 18.0 Å². The van der Waals surface area contributed by atoms with E-state index in [2.05, 4.69) is 21.2 Å². The lowest BCUT2D eigenvalue weighted by Gasteiger charge is -2.34. The van der Waals surface area contributed by atoms with Crippen molar-refractivity contribution in [3.8, 4) is 0 Å². The van der Waals surface area contributed by atoms with Crippen molar-refractivity contribution in [3.63, 3.8) is 0 Å². The molecule has 11 heteroatoms. The first-order chi connectivity index (χ1) is 18.9. The van der Waals surface area contributed by atoms with Crippen molar-refractivity contribution in [1.82, 2.24) is 10.2 Å². The van der Waals surface area contributed by atoms with Crippen molar-refractivity contribution in [3.05, 3.63) is 98.4 Å². The quantitative estimate of drug-likeness (QED) is 0.254. The Morgan fingerprint density at radius 3 is 2.17 bits per heavy atom. The molecule has 1 N–H and O–H groups in total. The van der Waals surface area contributed by atoms with Crippen LogP contribution < -0.4 is 9.62 Å². The number of carbonyl (C=O) groups excluding carboxylic acids is 2. The Bertz CT molecular complexity index is 1420. The highest BCUT2D eigenvalue weighted by Gasteiger charge is 2.33. The highest BCUT2D eigenvalue weighted by molar-refractivity contribution is 9.10. The Labute approximate surface area is 254 Å². The number of nitrogens with one attached hydrogen (secondary N) is 1. The molecule has 7 nitrogen and oxygen atoms in total. The predicted molar refractivity (Wildman–Crippen MR) is 165 cm³/mol. The fraction of sp³-hybridized carbons (Fsp3) is 0.310. The van der Waals surface area contributed by atoms with E-state index in [0.29, 0.717) is 27.7 Å². The summed E-state index contributed by atoms with van der Waals surface area (Å²) in [5.41, 5.74) is 1.83. The smallest absolute Gasteiger partial charge is 0.244 e. The summed E-state index contributed by atoms with van der Waals surface area (Å²) in [6.07, 6.45) is 1.98. The number of hydrogen-bond donors (Lipinski definition) is 1. The second-order valence-electron chi connectivity index (χ2n) is 9.54. The van der Waals surface area contributed by atoms with E-state index in [4.69, 9.17) is 23.2 Å². The summed E-state index contributed by atoms with van der Waals surface area (Å²) in [4.78, 5) is 29.2. The van der Waals surface area contributed by atoms with Crippen LogP contribution >= 0.6 is 39.1 Å². The second-order valence-corrected chi connectivity index (χ2v) is 13.2. The molecule has 40 heavy (non-hydrogen) atoms. The normalized spacial score (nSPS) is 12.8. The predicted octanol–water partition coefficient (Wildman–Crippen LogP) is 6.08. The molecular weight excluding hydrogens is 637 g/mol. The highest BCUT2D eigenvalue weighted by Crippen LogP contribution is 2.26. The van der Waals surface area contributed by atoms with Gasteiger partial charge in [0.1, 0.15) is 12.6 Å². The van der Waals surface area contributed by atoms with E-state index in [1.54, 1.807) is 42.5 Å². The van der Waals surface area contributed by atoms with E-state index < -0.39 is 28.5 Å². The van der Waals surface area contributed by atoms with Crippen LogP contribution in [0.15, 0.2) is 77.3 Å². The number of halogens is 3. The Morgan fingerprint density at radius 1 is 0.950 bits per heavy atom. The van der Waals surface area contributed by atoms with Gasteiger partial charge in [0.2, 0.25) is 21.8 Å². The number of anilines is 1. The molecule has 0 radical (unpaired) electrons. The van der Waals surface area contributed by atoms with E-state index in [-0.39, 0.29) is 24.9 Å². The maximum Gasteiger partial charge on any atom is 0.244 e. The molecule has 3 aromatic carbocycles. The number of nitrogens with zero attached hydrogens (tertiary/aromatic N) is 2. The standard InChI is InChI=1S/C29H32BrCl2N3O4S/c1-4-20(2)33-29(37)27(17-21-8-6-5-7-9-21)34(18-22-10-15-25(31)26(32)16-22)28(36)19-35(40(3,38)39)24-13-11-23(30)12-14-24/h5-16,20,27H,4,17-19H2,1-3H3,(H,33,37)/t20-,27-/m1/s1. The molecule has 3 aromatic rings. The van der Waals surface area contributed by atoms with Crippen molar-refractivity contribution >= 4 is 66.7 Å². The summed E-state index contributed by atoms with van der Waals surface area (Å²) in [6.45, 7) is 3.36. The molecule has 0 spiro atoms. The van der Waals surface area contributed by atoms with Gasteiger partial charge in [-0.05, 0) is 60.9 Å². The van der Waals surface area contributed by atoms with Gasteiger partial charge in [0.15, 0.2) is 0 Å². The topological polar surface area (TPSA) is 86.8 Å². The van der Waals surface area contributed by atoms with Crippen molar-refractivity contribution in [2.75, 3.05) is 17.1 Å². The maximum atomic E-state index is 14.1. The Hall–Kier alpha value is -2.59. The van der Waals surface area contributed by atoms with Gasteiger partial charge >= 0.3 is 0 Å². The Kier molecular flexibility index (Phi) is 11.5. The van der Waals surface area contributed by atoms with Gasteiger partial charge in [0.25, 0.3) is 0 Å².